The largest absolute Gasteiger partial charge is 0.378 e. The van der Waals surface area contributed by atoms with Gasteiger partial charge in [-0.05, 0) is 63.3 Å². The van der Waals surface area contributed by atoms with Crippen LogP contribution in [0.2, 0.25) is 0 Å². The maximum absolute atomic E-state index is 9.45. The molecule has 0 aromatic rings. The summed E-state index contributed by atoms with van der Waals surface area (Å²) in [5.74, 6) is 2.05. The zero-order chi connectivity index (χ0) is 14.6. The standard InChI is InChI=1S/C17H30N2O/c1-13-9-14(2)11-16(10-13)20-8-6-15-5-4-7-17(15,12-18)19-3/h13-16,19H,4-11H2,1-3H3. The minimum Gasteiger partial charge on any atom is -0.378 e. The molecule has 0 aromatic heterocycles. The number of nitrogens with one attached hydrogen (secondary N) is 1. The lowest BCUT2D eigenvalue weighted by Gasteiger charge is -2.32. The molecule has 0 spiro atoms. The van der Waals surface area contributed by atoms with Gasteiger partial charge in [0.1, 0.15) is 5.54 Å². The molecular weight excluding hydrogens is 248 g/mol. The van der Waals surface area contributed by atoms with Gasteiger partial charge in [0.05, 0.1) is 12.2 Å². The third kappa shape index (κ3) is 3.54. The molecule has 0 radical (unpaired) electrons. The van der Waals surface area contributed by atoms with Crippen LogP contribution in [-0.2, 0) is 4.74 Å². The molecule has 0 amide bonds. The summed E-state index contributed by atoms with van der Waals surface area (Å²) in [6, 6.07) is 2.51. The van der Waals surface area contributed by atoms with Crippen LogP contribution < -0.4 is 5.32 Å². The number of rotatable bonds is 5. The molecule has 114 valence electrons. The zero-order valence-corrected chi connectivity index (χ0v) is 13.3. The third-order valence-electron chi connectivity index (χ3n) is 5.42. The van der Waals surface area contributed by atoms with Gasteiger partial charge in [-0.1, -0.05) is 20.3 Å². The molecule has 0 bridgehead atoms. The highest BCUT2D eigenvalue weighted by molar-refractivity contribution is 5.13. The molecular formula is C17H30N2O. The average molecular weight is 278 g/mol. The van der Waals surface area contributed by atoms with Crippen LogP contribution in [0.5, 0.6) is 0 Å². The summed E-state index contributed by atoms with van der Waals surface area (Å²) in [4.78, 5) is 0. The molecule has 2 aliphatic rings. The van der Waals surface area contributed by atoms with E-state index in [-0.39, 0.29) is 5.54 Å². The van der Waals surface area contributed by atoms with Crippen LogP contribution in [0.4, 0.5) is 0 Å². The van der Waals surface area contributed by atoms with Gasteiger partial charge in [0.25, 0.3) is 0 Å². The van der Waals surface area contributed by atoms with Gasteiger partial charge >= 0.3 is 0 Å². The quantitative estimate of drug-likeness (QED) is 0.837. The SMILES string of the molecule is CNC1(C#N)CCCC1CCOC1CC(C)CC(C)C1. The van der Waals surface area contributed by atoms with E-state index in [1.54, 1.807) is 0 Å². The van der Waals surface area contributed by atoms with Gasteiger partial charge in [-0.15, -0.1) is 0 Å². The molecule has 4 atom stereocenters. The second-order valence-corrected chi connectivity index (χ2v) is 7.12. The van der Waals surface area contributed by atoms with E-state index in [0.29, 0.717) is 12.0 Å². The van der Waals surface area contributed by atoms with Crippen LogP contribution in [0.25, 0.3) is 0 Å². The van der Waals surface area contributed by atoms with Crippen molar-refractivity contribution in [2.75, 3.05) is 13.7 Å². The molecule has 3 nitrogen and oxygen atoms in total. The fourth-order valence-electron chi connectivity index (χ4n) is 4.39. The molecule has 0 aliphatic heterocycles. The molecule has 4 unspecified atom stereocenters. The Balaban J connectivity index is 1.77. The molecule has 0 saturated heterocycles. The van der Waals surface area contributed by atoms with Crippen LogP contribution >= 0.6 is 0 Å². The first-order valence-corrected chi connectivity index (χ1v) is 8.31. The lowest BCUT2D eigenvalue weighted by molar-refractivity contribution is -0.00645. The van der Waals surface area contributed by atoms with E-state index in [9.17, 15) is 5.26 Å². The normalized spacial score (nSPS) is 41.5. The van der Waals surface area contributed by atoms with Gasteiger partial charge in [-0.3, -0.25) is 0 Å². The fourth-order valence-corrected chi connectivity index (χ4v) is 4.39. The van der Waals surface area contributed by atoms with Crippen LogP contribution in [0.3, 0.4) is 0 Å². The fraction of sp³-hybridized carbons (Fsp3) is 0.941. The Hall–Kier alpha value is -0.590. The van der Waals surface area contributed by atoms with Gasteiger partial charge < -0.3 is 10.1 Å². The molecule has 2 fully saturated rings. The Bertz CT molecular complexity index is 341. The molecule has 20 heavy (non-hydrogen) atoms. The topological polar surface area (TPSA) is 45.0 Å². The smallest absolute Gasteiger partial charge is 0.109 e. The van der Waals surface area contributed by atoms with Gasteiger partial charge in [-0.2, -0.15) is 5.26 Å². The minimum atomic E-state index is -0.295. The summed E-state index contributed by atoms with van der Waals surface area (Å²) < 4.78 is 6.13. The van der Waals surface area contributed by atoms with Crippen molar-refractivity contribution in [2.24, 2.45) is 17.8 Å². The monoisotopic (exact) mass is 278 g/mol. The van der Waals surface area contributed by atoms with Crippen molar-refractivity contribution < 1.29 is 4.74 Å². The van der Waals surface area contributed by atoms with Crippen LogP contribution in [0, 0.1) is 29.1 Å². The highest BCUT2D eigenvalue weighted by atomic mass is 16.5. The number of hydrogen-bond donors (Lipinski definition) is 1. The van der Waals surface area contributed by atoms with Crippen LogP contribution in [0.15, 0.2) is 0 Å². The second kappa shape index (κ2) is 6.91. The first-order valence-electron chi connectivity index (χ1n) is 8.31. The highest BCUT2D eigenvalue weighted by Gasteiger charge is 2.41. The average Bonchev–Trinajstić information content (AvgIpc) is 2.81. The predicted octanol–water partition coefficient (Wildman–Crippen LogP) is 3.50. The van der Waals surface area contributed by atoms with E-state index in [2.05, 4.69) is 25.2 Å². The van der Waals surface area contributed by atoms with Crippen molar-refractivity contribution in [1.82, 2.24) is 5.32 Å². The number of nitriles is 1. The summed E-state index contributed by atoms with van der Waals surface area (Å²) in [6.45, 7) is 5.50. The van der Waals surface area contributed by atoms with Crippen molar-refractivity contribution in [2.45, 2.75) is 70.4 Å². The molecule has 0 heterocycles. The summed E-state index contributed by atoms with van der Waals surface area (Å²) in [5.41, 5.74) is -0.295. The van der Waals surface area contributed by atoms with E-state index in [1.807, 2.05) is 7.05 Å². The number of nitrogens with zero attached hydrogens (tertiary/aromatic N) is 1. The molecule has 2 saturated carbocycles. The zero-order valence-electron chi connectivity index (χ0n) is 13.3. The van der Waals surface area contributed by atoms with Crippen LogP contribution in [-0.4, -0.2) is 25.3 Å². The van der Waals surface area contributed by atoms with Crippen molar-refractivity contribution >= 4 is 0 Å². The first kappa shape index (κ1) is 15.8. The third-order valence-corrected chi connectivity index (χ3v) is 5.42. The molecule has 3 heteroatoms. The Labute approximate surface area is 124 Å². The summed E-state index contributed by atoms with van der Waals surface area (Å²) in [7, 11) is 1.92. The molecule has 2 aliphatic carbocycles. The number of ether oxygens (including phenoxy) is 1. The molecule has 0 aromatic carbocycles. The van der Waals surface area contributed by atoms with E-state index in [1.165, 1.54) is 19.3 Å². The van der Waals surface area contributed by atoms with E-state index < -0.39 is 0 Å². The maximum atomic E-state index is 9.45. The van der Waals surface area contributed by atoms with Crippen molar-refractivity contribution in [3.8, 4) is 6.07 Å². The van der Waals surface area contributed by atoms with Crippen molar-refractivity contribution in [3.05, 3.63) is 0 Å². The summed E-state index contributed by atoms with van der Waals surface area (Å²) >= 11 is 0. The Morgan fingerprint density at radius 1 is 1.25 bits per heavy atom. The highest BCUT2D eigenvalue weighted by Crippen LogP contribution is 2.37. The van der Waals surface area contributed by atoms with Gasteiger partial charge in [0.15, 0.2) is 0 Å². The van der Waals surface area contributed by atoms with E-state index >= 15 is 0 Å². The van der Waals surface area contributed by atoms with E-state index in [0.717, 1.165) is 44.1 Å². The Morgan fingerprint density at radius 3 is 2.55 bits per heavy atom. The lowest BCUT2D eigenvalue weighted by atomic mass is 9.81. The molecule has 1 N–H and O–H groups in total. The Morgan fingerprint density at radius 2 is 1.95 bits per heavy atom. The minimum absolute atomic E-state index is 0.295. The van der Waals surface area contributed by atoms with Gasteiger partial charge in [0, 0.05) is 6.61 Å². The van der Waals surface area contributed by atoms with Gasteiger partial charge in [0.2, 0.25) is 0 Å². The van der Waals surface area contributed by atoms with Crippen LogP contribution in [0.1, 0.15) is 58.8 Å². The lowest BCUT2D eigenvalue weighted by Crippen LogP contribution is -2.45. The van der Waals surface area contributed by atoms with Gasteiger partial charge in [-0.25, -0.2) is 0 Å². The predicted molar refractivity (Wildman–Crippen MR) is 81.3 cm³/mol. The first-order chi connectivity index (χ1) is 9.59. The Kier molecular flexibility index (Phi) is 5.46. The van der Waals surface area contributed by atoms with Crippen molar-refractivity contribution in [1.29, 1.82) is 5.26 Å². The molecule has 2 rings (SSSR count). The van der Waals surface area contributed by atoms with E-state index in [4.69, 9.17) is 4.74 Å². The number of hydrogen-bond acceptors (Lipinski definition) is 3. The summed E-state index contributed by atoms with van der Waals surface area (Å²) in [5, 5.41) is 12.7. The maximum Gasteiger partial charge on any atom is 0.109 e. The summed E-state index contributed by atoms with van der Waals surface area (Å²) in [6.07, 6.45) is 8.55. The van der Waals surface area contributed by atoms with Crippen molar-refractivity contribution in [3.63, 3.8) is 0 Å². The second-order valence-electron chi connectivity index (χ2n) is 7.12.